The normalized spacial score (nSPS) is 25.2. The van der Waals surface area contributed by atoms with Crippen LogP contribution in [0.3, 0.4) is 0 Å². The number of nitrogens with one attached hydrogen (secondary N) is 2. The summed E-state index contributed by atoms with van der Waals surface area (Å²) in [7, 11) is 0. The van der Waals surface area contributed by atoms with Crippen LogP contribution < -0.4 is 15.9 Å². The van der Waals surface area contributed by atoms with Crippen molar-refractivity contribution >= 4 is 21.9 Å². The maximum Gasteiger partial charge on any atom is 0.275 e. The number of fused-ring (bicyclic) bond motifs is 5. The van der Waals surface area contributed by atoms with Gasteiger partial charge in [0.05, 0.1) is 22.5 Å². The molecule has 2 aliphatic heterocycles. The molecule has 0 aliphatic carbocycles. The Hall–Kier alpha value is -3.39. The summed E-state index contributed by atoms with van der Waals surface area (Å²) in [5, 5.41) is 3.83. The summed E-state index contributed by atoms with van der Waals surface area (Å²) in [6.45, 7) is 5.74. The number of hydrogen-bond acceptors (Lipinski definition) is 5. The molecule has 0 saturated carbocycles. The van der Waals surface area contributed by atoms with Crippen LogP contribution in [0.15, 0.2) is 46.0 Å². The molecule has 0 spiro atoms. The summed E-state index contributed by atoms with van der Waals surface area (Å²) < 4.78 is 8.06. The van der Waals surface area contributed by atoms with Crippen LogP contribution in [0.2, 0.25) is 0 Å². The third kappa shape index (κ3) is 2.75. The lowest BCUT2D eigenvalue weighted by Gasteiger charge is -2.25. The van der Waals surface area contributed by atoms with E-state index < -0.39 is 0 Å². The molecule has 1 fully saturated rings. The van der Waals surface area contributed by atoms with Gasteiger partial charge in [-0.15, -0.1) is 0 Å². The van der Waals surface area contributed by atoms with Crippen LogP contribution in [0.4, 0.5) is 0 Å². The van der Waals surface area contributed by atoms with E-state index in [4.69, 9.17) is 9.72 Å². The predicted octanol–water partition coefficient (Wildman–Crippen LogP) is 2.65. The molecular formula is C23H23N5O3. The summed E-state index contributed by atoms with van der Waals surface area (Å²) in [4.78, 5) is 36.2. The number of nitrogens with zero attached hydrogens (tertiary/aromatic N) is 3. The van der Waals surface area contributed by atoms with E-state index in [1.165, 1.54) is 0 Å². The van der Waals surface area contributed by atoms with Crippen molar-refractivity contribution in [3.05, 3.63) is 57.1 Å². The number of ether oxygens (including phenoxy) is 1. The number of aromatic amines is 2. The average molecular weight is 417 g/mol. The highest BCUT2D eigenvalue weighted by molar-refractivity contribution is 5.93. The zero-order valence-electron chi connectivity index (χ0n) is 17.4. The third-order valence-electron chi connectivity index (χ3n) is 6.59. The molecule has 0 amide bonds. The molecule has 2 aromatic carbocycles. The van der Waals surface area contributed by atoms with E-state index in [1.54, 1.807) is 16.8 Å². The lowest BCUT2D eigenvalue weighted by Crippen LogP contribution is -2.36. The van der Waals surface area contributed by atoms with Gasteiger partial charge in [-0.05, 0) is 32.0 Å². The summed E-state index contributed by atoms with van der Waals surface area (Å²) in [6.07, 6.45) is 0.912. The second kappa shape index (κ2) is 6.55. The van der Waals surface area contributed by atoms with Crippen molar-refractivity contribution in [3.63, 3.8) is 0 Å². The van der Waals surface area contributed by atoms with Gasteiger partial charge in [-0.1, -0.05) is 18.2 Å². The molecule has 2 N–H and O–H groups in total. The standard InChI is InChI=1S/C23H23N5O3/c1-12-9-14-11-27(12)10-13(2)28-23(30)16-6-3-5-15(19(16)26-28)20-22(29)24-17-7-4-8-18(31-14)21(17)25-20/h3-8,12-14,26H,9-11H2,1-2H3,(H,24,29)/t12-,13+,14?/m1/s1. The molecule has 4 atom stereocenters. The first kappa shape index (κ1) is 18.4. The van der Waals surface area contributed by atoms with Crippen LogP contribution >= 0.6 is 0 Å². The number of benzene rings is 2. The predicted molar refractivity (Wildman–Crippen MR) is 119 cm³/mol. The number of para-hydroxylation sites is 2. The maximum absolute atomic E-state index is 13.2. The number of aromatic nitrogens is 4. The zero-order valence-corrected chi connectivity index (χ0v) is 17.4. The summed E-state index contributed by atoms with van der Waals surface area (Å²) in [5.74, 6) is 0.664. The van der Waals surface area contributed by atoms with Crippen LogP contribution in [0.1, 0.15) is 26.3 Å². The highest BCUT2D eigenvalue weighted by Gasteiger charge is 2.32. The molecule has 2 aromatic heterocycles. The minimum absolute atomic E-state index is 0.0202. The fourth-order valence-corrected chi connectivity index (χ4v) is 5.01. The van der Waals surface area contributed by atoms with E-state index in [2.05, 4.69) is 21.9 Å². The van der Waals surface area contributed by atoms with Gasteiger partial charge in [0.15, 0.2) is 0 Å². The Balaban J connectivity index is 1.68. The Morgan fingerprint density at radius 3 is 2.77 bits per heavy atom. The maximum atomic E-state index is 13.2. The number of rotatable bonds is 0. The fourth-order valence-electron chi connectivity index (χ4n) is 5.01. The summed E-state index contributed by atoms with van der Waals surface area (Å²) in [6, 6.07) is 11.3. The molecule has 8 heteroatoms. The van der Waals surface area contributed by atoms with Crippen LogP contribution in [0.5, 0.6) is 5.75 Å². The van der Waals surface area contributed by atoms with Crippen molar-refractivity contribution in [2.24, 2.45) is 0 Å². The molecule has 4 heterocycles. The van der Waals surface area contributed by atoms with E-state index >= 15 is 0 Å². The Kier molecular flexibility index (Phi) is 3.89. The minimum Gasteiger partial charge on any atom is -0.487 e. The zero-order chi connectivity index (χ0) is 21.3. The fraction of sp³-hybridized carbons (Fsp3) is 0.348. The molecule has 0 radical (unpaired) electrons. The lowest BCUT2D eigenvalue weighted by molar-refractivity contribution is 0.186. The largest absolute Gasteiger partial charge is 0.487 e. The Morgan fingerprint density at radius 2 is 1.90 bits per heavy atom. The molecule has 2 aliphatic rings. The van der Waals surface area contributed by atoms with E-state index in [1.807, 2.05) is 31.2 Å². The van der Waals surface area contributed by atoms with Crippen molar-refractivity contribution in [1.82, 2.24) is 24.6 Å². The van der Waals surface area contributed by atoms with Gasteiger partial charge in [-0.25, -0.2) is 9.67 Å². The van der Waals surface area contributed by atoms with Crippen molar-refractivity contribution in [2.75, 3.05) is 13.1 Å². The van der Waals surface area contributed by atoms with Crippen LogP contribution in [0.25, 0.3) is 33.2 Å². The van der Waals surface area contributed by atoms with E-state index in [-0.39, 0.29) is 29.0 Å². The first-order valence-corrected chi connectivity index (χ1v) is 10.7. The molecule has 31 heavy (non-hydrogen) atoms. The van der Waals surface area contributed by atoms with Crippen molar-refractivity contribution in [1.29, 1.82) is 0 Å². The Labute approximate surface area is 177 Å². The van der Waals surface area contributed by atoms with Gasteiger partial charge in [-0.3, -0.25) is 19.6 Å². The van der Waals surface area contributed by atoms with Gasteiger partial charge in [0.25, 0.3) is 11.1 Å². The van der Waals surface area contributed by atoms with E-state index in [0.717, 1.165) is 19.5 Å². The van der Waals surface area contributed by atoms with Gasteiger partial charge in [0, 0.05) is 31.1 Å². The Bertz CT molecular complexity index is 1450. The highest BCUT2D eigenvalue weighted by atomic mass is 16.5. The van der Waals surface area contributed by atoms with Crippen LogP contribution in [0, 0.1) is 0 Å². The molecule has 4 aromatic rings. The first-order chi connectivity index (χ1) is 15.0. The first-order valence-electron chi connectivity index (χ1n) is 10.7. The quantitative estimate of drug-likeness (QED) is 0.459. The molecule has 158 valence electrons. The van der Waals surface area contributed by atoms with Gasteiger partial charge >= 0.3 is 0 Å². The second-order valence-electron chi connectivity index (χ2n) is 8.71. The SMILES string of the molecule is C[C@@H]1CC2CN1C[C@H](C)n1[nH]c3c(cccc3c1=O)-c1nc3c(cccc3[nH]c1=O)O2. The molecule has 2 unspecified atom stereocenters. The van der Waals surface area contributed by atoms with Crippen LogP contribution in [-0.2, 0) is 0 Å². The monoisotopic (exact) mass is 417 g/mol. The third-order valence-corrected chi connectivity index (χ3v) is 6.59. The number of H-pyrrole nitrogens is 2. The molecule has 8 nitrogen and oxygen atoms in total. The van der Waals surface area contributed by atoms with Gasteiger partial charge < -0.3 is 9.72 Å². The topological polar surface area (TPSA) is 96.0 Å². The minimum atomic E-state index is -0.299. The molecule has 6 rings (SSSR count). The number of hydrogen-bond donors (Lipinski definition) is 2. The Morgan fingerprint density at radius 1 is 1.06 bits per heavy atom. The van der Waals surface area contributed by atoms with Gasteiger partial charge in [0.1, 0.15) is 23.1 Å². The molecular weight excluding hydrogens is 394 g/mol. The summed E-state index contributed by atoms with van der Waals surface area (Å²) >= 11 is 0. The van der Waals surface area contributed by atoms with E-state index in [9.17, 15) is 9.59 Å². The summed E-state index contributed by atoms with van der Waals surface area (Å²) in [5.41, 5.74) is 2.37. The van der Waals surface area contributed by atoms with Crippen molar-refractivity contribution in [3.8, 4) is 17.0 Å². The molecule has 1 saturated heterocycles. The highest BCUT2D eigenvalue weighted by Crippen LogP contribution is 2.31. The van der Waals surface area contributed by atoms with Gasteiger partial charge in [-0.2, -0.15) is 0 Å². The van der Waals surface area contributed by atoms with Crippen molar-refractivity contribution in [2.45, 2.75) is 38.5 Å². The molecule has 6 bridgehead atoms. The second-order valence-corrected chi connectivity index (χ2v) is 8.71. The van der Waals surface area contributed by atoms with E-state index in [0.29, 0.717) is 39.3 Å². The van der Waals surface area contributed by atoms with Gasteiger partial charge in [0.2, 0.25) is 0 Å². The lowest BCUT2D eigenvalue weighted by atomic mass is 10.1. The van der Waals surface area contributed by atoms with Crippen molar-refractivity contribution < 1.29 is 4.74 Å². The average Bonchev–Trinajstić information content (AvgIpc) is 3.26. The smallest absolute Gasteiger partial charge is 0.275 e. The van der Waals surface area contributed by atoms with Crippen LogP contribution in [-0.4, -0.2) is 49.9 Å².